The van der Waals surface area contributed by atoms with Crippen molar-refractivity contribution in [2.45, 2.75) is 19.9 Å². The Morgan fingerprint density at radius 2 is 1.87 bits per heavy atom. The third kappa shape index (κ3) is 4.46. The summed E-state index contributed by atoms with van der Waals surface area (Å²) in [5, 5.41) is 21.8. The Balaban J connectivity index is 2.06. The monoisotopic (exact) mass is 424 g/mol. The van der Waals surface area contributed by atoms with Crippen LogP contribution in [0.4, 0.5) is 5.69 Å². The summed E-state index contributed by atoms with van der Waals surface area (Å²) in [7, 11) is 0. The molecule has 0 saturated carbocycles. The Morgan fingerprint density at radius 1 is 1.19 bits per heavy atom. The fourth-order valence-electron chi connectivity index (χ4n) is 3.68. The topological polar surface area (TPSA) is 117 Å². The number of rotatable bonds is 8. The van der Waals surface area contributed by atoms with Gasteiger partial charge in [-0.15, -0.1) is 0 Å². The van der Waals surface area contributed by atoms with Gasteiger partial charge in [-0.2, -0.15) is 0 Å². The molecule has 0 bridgehead atoms. The molecule has 31 heavy (non-hydrogen) atoms. The number of ketones is 1. The van der Waals surface area contributed by atoms with E-state index in [0.717, 1.165) is 13.1 Å². The van der Waals surface area contributed by atoms with E-state index in [0.29, 0.717) is 18.7 Å². The van der Waals surface area contributed by atoms with Gasteiger partial charge in [0.05, 0.1) is 16.5 Å². The molecule has 9 nitrogen and oxygen atoms in total. The van der Waals surface area contributed by atoms with Gasteiger partial charge in [0.1, 0.15) is 5.76 Å². The second-order valence-electron chi connectivity index (χ2n) is 7.11. The van der Waals surface area contributed by atoms with E-state index in [4.69, 9.17) is 0 Å². The SMILES string of the molecule is CCN(CC)CCN1C(=O)C(=O)/C(=C(\O)c2ccc([N+](=O)[O-])cc2)C1c1cccnc1. The van der Waals surface area contributed by atoms with E-state index in [1.54, 1.807) is 24.5 Å². The number of aromatic nitrogens is 1. The summed E-state index contributed by atoms with van der Waals surface area (Å²) in [6.45, 7) is 6.54. The molecule has 3 rings (SSSR count). The van der Waals surface area contributed by atoms with Crippen LogP contribution in [-0.2, 0) is 9.59 Å². The van der Waals surface area contributed by atoms with Crippen LogP contribution in [0.5, 0.6) is 0 Å². The van der Waals surface area contributed by atoms with Crippen LogP contribution in [0.25, 0.3) is 5.76 Å². The molecular formula is C22H24N4O5. The van der Waals surface area contributed by atoms with E-state index in [2.05, 4.69) is 9.88 Å². The summed E-state index contributed by atoms with van der Waals surface area (Å²) in [6, 6.07) is 7.85. The van der Waals surface area contributed by atoms with E-state index < -0.39 is 22.7 Å². The van der Waals surface area contributed by atoms with Crippen LogP contribution >= 0.6 is 0 Å². The lowest BCUT2D eigenvalue weighted by atomic mass is 9.96. The van der Waals surface area contributed by atoms with Gasteiger partial charge in [-0.1, -0.05) is 19.9 Å². The number of nitrogens with zero attached hydrogens (tertiary/aromatic N) is 4. The third-order valence-corrected chi connectivity index (χ3v) is 5.44. The number of hydrogen-bond acceptors (Lipinski definition) is 7. The summed E-state index contributed by atoms with van der Waals surface area (Å²) >= 11 is 0. The number of non-ortho nitro benzene ring substituents is 1. The van der Waals surface area contributed by atoms with Crippen LogP contribution in [0.15, 0.2) is 54.4 Å². The molecule has 1 atom stereocenters. The van der Waals surface area contributed by atoms with Crippen LogP contribution in [0.1, 0.15) is 31.0 Å². The largest absolute Gasteiger partial charge is 0.507 e. The highest BCUT2D eigenvalue weighted by Gasteiger charge is 2.46. The van der Waals surface area contributed by atoms with E-state index in [1.165, 1.54) is 29.2 Å². The first kappa shape index (κ1) is 22.1. The van der Waals surface area contributed by atoms with E-state index >= 15 is 0 Å². The maximum absolute atomic E-state index is 12.9. The first-order valence-electron chi connectivity index (χ1n) is 10.0. The van der Waals surface area contributed by atoms with Crippen LogP contribution < -0.4 is 0 Å². The molecule has 1 N–H and O–H groups in total. The number of amides is 1. The Bertz CT molecular complexity index is 1000. The fraction of sp³-hybridized carbons (Fsp3) is 0.318. The number of likely N-dealkylation sites (tertiary alicyclic amines) is 1. The summed E-state index contributed by atoms with van der Waals surface area (Å²) in [6.07, 6.45) is 3.14. The molecular weight excluding hydrogens is 400 g/mol. The number of carbonyl (C=O) groups excluding carboxylic acids is 2. The van der Waals surface area contributed by atoms with Crippen molar-refractivity contribution in [1.29, 1.82) is 0 Å². The standard InChI is InChI=1S/C22H24N4O5/c1-3-24(4-2)12-13-25-19(16-6-5-11-23-14-16)18(21(28)22(25)29)20(27)15-7-9-17(10-8-15)26(30)31/h5-11,14,19,27H,3-4,12-13H2,1-2H3/b20-18-. The first-order valence-corrected chi connectivity index (χ1v) is 10.0. The molecule has 0 spiro atoms. The van der Waals surface area contributed by atoms with E-state index in [-0.39, 0.29) is 22.6 Å². The minimum absolute atomic E-state index is 0.0496. The summed E-state index contributed by atoms with van der Waals surface area (Å²) in [5.74, 6) is -1.85. The van der Waals surface area contributed by atoms with Crippen molar-refractivity contribution in [2.24, 2.45) is 0 Å². The van der Waals surface area contributed by atoms with Gasteiger partial charge < -0.3 is 14.9 Å². The van der Waals surface area contributed by atoms with Crippen molar-refractivity contribution in [3.05, 3.63) is 75.6 Å². The zero-order valence-corrected chi connectivity index (χ0v) is 17.4. The molecule has 1 aromatic carbocycles. The average Bonchev–Trinajstić information content (AvgIpc) is 3.05. The zero-order chi connectivity index (χ0) is 22.5. The van der Waals surface area contributed by atoms with E-state index in [1.807, 2.05) is 13.8 Å². The smallest absolute Gasteiger partial charge is 0.295 e. The Kier molecular flexibility index (Phi) is 6.76. The van der Waals surface area contributed by atoms with Gasteiger partial charge in [0, 0.05) is 43.2 Å². The van der Waals surface area contributed by atoms with Crippen molar-refractivity contribution < 1.29 is 19.6 Å². The fourth-order valence-corrected chi connectivity index (χ4v) is 3.68. The molecule has 1 unspecified atom stereocenters. The van der Waals surface area contributed by atoms with E-state index in [9.17, 15) is 24.8 Å². The summed E-state index contributed by atoms with van der Waals surface area (Å²) in [4.78, 5) is 43.8. The highest BCUT2D eigenvalue weighted by atomic mass is 16.6. The number of hydrogen-bond donors (Lipinski definition) is 1. The lowest BCUT2D eigenvalue weighted by Gasteiger charge is -2.28. The average molecular weight is 424 g/mol. The van der Waals surface area contributed by atoms with Gasteiger partial charge in [0.15, 0.2) is 0 Å². The van der Waals surface area contributed by atoms with Gasteiger partial charge in [-0.25, -0.2) is 0 Å². The lowest BCUT2D eigenvalue weighted by molar-refractivity contribution is -0.384. The minimum Gasteiger partial charge on any atom is -0.507 e. The molecule has 1 saturated heterocycles. The number of benzene rings is 1. The molecule has 2 heterocycles. The molecule has 2 aromatic rings. The van der Waals surface area contributed by atoms with Crippen molar-refractivity contribution in [3.63, 3.8) is 0 Å². The minimum atomic E-state index is -0.792. The normalized spacial score (nSPS) is 18.0. The van der Waals surface area contributed by atoms with Crippen molar-refractivity contribution >= 4 is 23.1 Å². The number of carbonyl (C=O) groups is 2. The predicted octanol–water partition coefficient (Wildman–Crippen LogP) is 2.75. The molecule has 1 aliphatic heterocycles. The van der Waals surface area contributed by atoms with Gasteiger partial charge in [-0.05, 0) is 36.9 Å². The number of pyridine rings is 1. The predicted molar refractivity (Wildman–Crippen MR) is 114 cm³/mol. The molecule has 0 radical (unpaired) electrons. The van der Waals surface area contributed by atoms with Crippen LogP contribution in [0.3, 0.4) is 0 Å². The Morgan fingerprint density at radius 3 is 2.42 bits per heavy atom. The quantitative estimate of drug-likeness (QED) is 0.228. The third-order valence-electron chi connectivity index (χ3n) is 5.44. The molecule has 1 amide bonds. The molecule has 162 valence electrons. The second-order valence-corrected chi connectivity index (χ2v) is 7.11. The van der Waals surface area contributed by atoms with Gasteiger partial charge >= 0.3 is 0 Å². The summed E-state index contributed by atoms with van der Waals surface area (Å²) in [5.41, 5.74) is 0.636. The zero-order valence-electron chi connectivity index (χ0n) is 17.4. The molecule has 0 aliphatic carbocycles. The highest BCUT2D eigenvalue weighted by molar-refractivity contribution is 6.46. The number of likely N-dealkylation sites (N-methyl/N-ethyl adjacent to an activating group) is 1. The maximum atomic E-state index is 12.9. The van der Waals surface area contributed by atoms with Crippen LogP contribution in [-0.4, -0.2) is 62.7 Å². The van der Waals surface area contributed by atoms with Crippen molar-refractivity contribution in [2.75, 3.05) is 26.2 Å². The number of Topliss-reactive ketones (excluding diaryl/α,β-unsaturated/α-hetero) is 1. The van der Waals surface area contributed by atoms with Crippen molar-refractivity contribution in [3.8, 4) is 0 Å². The number of aliphatic hydroxyl groups excluding tert-OH is 1. The van der Waals surface area contributed by atoms with Crippen molar-refractivity contribution in [1.82, 2.24) is 14.8 Å². The number of nitro benzene ring substituents is 1. The Labute approximate surface area is 179 Å². The molecule has 1 fully saturated rings. The van der Waals surface area contributed by atoms with Gasteiger partial charge in [-0.3, -0.25) is 24.7 Å². The van der Waals surface area contributed by atoms with Crippen LogP contribution in [0.2, 0.25) is 0 Å². The van der Waals surface area contributed by atoms with Crippen LogP contribution in [0, 0.1) is 10.1 Å². The maximum Gasteiger partial charge on any atom is 0.295 e. The highest BCUT2D eigenvalue weighted by Crippen LogP contribution is 2.39. The molecule has 9 heteroatoms. The Hall–Kier alpha value is -3.59. The van der Waals surface area contributed by atoms with Gasteiger partial charge in [0.25, 0.3) is 17.4 Å². The second kappa shape index (κ2) is 9.48. The molecule has 1 aliphatic rings. The molecule has 1 aromatic heterocycles. The van der Waals surface area contributed by atoms with Gasteiger partial charge in [0.2, 0.25) is 0 Å². The summed E-state index contributed by atoms with van der Waals surface area (Å²) < 4.78 is 0. The first-order chi connectivity index (χ1) is 14.9. The number of aliphatic hydroxyl groups is 1. The lowest BCUT2D eigenvalue weighted by Crippen LogP contribution is -2.38. The number of nitro groups is 1.